The molecule has 2 N–H and O–H groups in total. The number of carbonyl (C=O) groups excluding carboxylic acids is 1. The predicted octanol–water partition coefficient (Wildman–Crippen LogP) is 8.61. The second-order valence-corrected chi connectivity index (χ2v) is 14.7. The van der Waals surface area contributed by atoms with Gasteiger partial charge in [-0.05, 0) is 77.4 Å². The van der Waals surface area contributed by atoms with Crippen molar-refractivity contribution in [3.8, 4) is 11.8 Å². The third-order valence-corrected chi connectivity index (χ3v) is 9.54. The summed E-state index contributed by atoms with van der Waals surface area (Å²) in [4.78, 5) is 13.1. The number of epoxide rings is 1. The van der Waals surface area contributed by atoms with E-state index in [4.69, 9.17) is 4.74 Å². The Bertz CT molecular complexity index is 1420. The van der Waals surface area contributed by atoms with Gasteiger partial charge in [-0.2, -0.15) is 0 Å². The van der Waals surface area contributed by atoms with E-state index < -0.39 is 11.2 Å². The van der Waals surface area contributed by atoms with E-state index in [1.165, 1.54) is 5.57 Å². The maximum atomic E-state index is 13.1. The maximum absolute atomic E-state index is 13.1. The Morgan fingerprint density at radius 3 is 2.00 bits per heavy atom. The molecule has 238 valence electrons. The minimum absolute atomic E-state index is 0.0940. The molecule has 2 fully saturated rings. The Labute approximate surface area is 266 Å². The second-order valence-electron chi connectivity index (χ2n) is 14.7. The van der Waals surface area contributed by atoms with E-state index in [9.17, 15) is 15.0 Å². The third kappa shape index (κ3) is 8.60. The summed E-state index contributed by atoms with van der Waals surface area (Å²) in [7, 11) is 0. The van der Waals surface area contributed by atoms with Crippen LogP contribution in [0.3, 0.4) is 0 Å². The molecule has 0 aromatic heterocycles. The lowest BCUT2D eigenvalue weighted by Gasteiger charge is -2.40. The van der Waals surface area contributed by atoms with E-state index in [0.717, 1.165) is 28.7 Å². The van der Waals surface area contributed by atoms with Crippen LogP contribution in [0, 0.1) is 22.7 Å². The van der Waals surface area contributed by atoms with Crippen LogP contribution >= 0.6 is 0 Å². The number of Topliss-reactive ketones (excluding diaryl/α,β-unsaturated/α-hetero) is 1. The van der Waals surface area contributed by atoms with Gasteiger partial charge in [-0.25, -0.2) is 0 Å². The molecule has 0 radical (unpaired) electrons. The molecule has 4 nitrogen and oxygen atoms in total. The van der Waals surface area contributed by atoms with Crippen LogP contribution in [0.4, 0.5) is 0 Å². The molecule has 0 spiro atoms. The van der Waals surface area contributed by atoms with Crippen molar-refractivity contribution in [1.82, 2.24) is 0 Å². The Kier molecular flexibility index (Phi) is 11.3. The van der Waals surface area contributed by atoms with Crippen LogP contribution in [0.1, 0.15) is 101 Å². The lowest BCUT2D eigenvalue weighted by molar-refractivity contribution is -0.118. The molecule has 0 aromatic rings. The summed E-state index contributed by atoms with van der Waals surface area (Å²) in [6, 6.07) is 0. The van der Waals surface area contributed by atoms with Gasteiger partial charge in [-0.15, -0.1) is 0 Å². The van der Waals surface area contributed by atoms with E-state index >= 15 is 0 Å². The SMILES string of the molecule is CC1=C(C#C/C(C)=C/C=C/C(C)=C/C=C/C=C(C)/C=C/C=C(\C)C(=O)CC23OC2(C)CC(O)CC3(C)C)C(C)(C)CC(O)C1. The van der Waals surface area contributed by atoms with E-state index in [-0.39, 0.29) is 28.8 Å². The molecule has 4 unspecified atom stereocenters. The first kappa shape index (κ1) is 35.5. The molecule has 1 heterocycles. The van der Waals surface area contributed by atoms with Crippen molar-refractivity contribution in [3.05, 3.63) is 94.2 Å². The molecular weight excluding hydrogens is 544 g/mol. The van der Waals surface area contributed by atoms with Crippen molar-refractivity contribution in [2.75, 3.05) is 0 Å². The number of hydrogen-bond acceptors (Lipinski definition) is 4. The molecule has 4 atom stereocenters. The van der Waals surface area contributed by atoms with Crippen molar-refractivity contribution in [3.63, 3.8) is 0 Å². The van der Waals surface area contributed by atoms with Crippen molar-refractivity contribution >= 4 is 5.78 Å². The number of aliphatic hydroxyl groups excluding tert-OH is 2. The summed E-state index contributed by atoms with van der Waals surface area (Å²) in [6.45, 7) is 20.6. The van der Waals surface area contributed by atoms with Crippen molar-refractivity contribution in [2.45, 2.75) is 125 Å². The summed E-state index contributed by atoms with van der Waals surface area (Å²) in [5.41, 5.74) is 5.00. The van der Waals surface area contributed by atoms with Gasteiger partial charge in [0, 0.05) is 23.8 Å². The fourth-order valence-electron chi connectivity index (χ4n) is 7.11. The molecule has 3 aliphatic rings. The molecule has 3 rings (SSSR count). The lowest BCUT2D eigenvalue weighted by atomic mass is 9.61. The van der Waals surface area contributed by atoms with Crippen LogP contribution in [0.15, 0.2) is 94.2 Å². The first-order valence-electron chi connectivity index (χ1n) is 15.9. The van der Waals surface area contributed by atoms with E-state index in [1.54, 1.807) is 0 Å². The average Bonchev–Trinajstić information content (AvgIpc) is 3.49. The molecule has 1 saturated heterocycles. The number of aliphatic hydroxyl groups is 2. The van der Waals surface area contributed by atoms with Crippen LogP contribution in [0.5, 0.6) is 0 Å². The Morgan fingerprint density at radius 1 is 0.841 bits per heavy atom. The van der Waals surface area contributed by atoms with Crippen LogP contribution < -0.4 is 0 Å². The van der Waals surface area contributed by atoms with Crippen molar-refractivity contribution in [1.29, 1.82) is 0 Å². The number of hydrogen-bond donors (Lipinski definition) is 2. The predicted molar refractivity (Wildman–Crippen MR) is 183 cm³/mol. The number of ether oxygens (including phenoxy) is 1. The van der Waals surface area contributed by atoms with Crippen molar-refractivity contribution < 1.29 is 19.7 Å². The van der Waals surface area contributed by atoms with Crippen LogP contribution in [-0.4, -0.2) is 39.4 Å². The minimum atomic E-state index is -0.491. The number of ketones is 1. The van der Waals surface area contributed by atoms with E-state index in [2.05, 4.69) is 65.5 Å². The summed E-state index contributed by atoms with van der Waals surface area (Å²) in [5, 5.41) is 20.3. The fraction of sp³-hybridized carbons (Fsp3) is 0.525. The van der Waals surface area contributed by atoms with Gasteiger partial charge in [-0.3, -0.25) is 4.79 Å². The zero-order valence-corrected chi connectivity index (χ0v) is 28.7. The standard InChI is InChI=1S/C40H54O4/c1-28(17-13-18-30(3)21-22-35-32(5)23-33(41)24-37(35,6)7)15-11-12-16-29(2)19-14-20-31(4)36(43)27-40-38(8,9)25-34(42)26-39(40,10)44-40/h11-20,33-34,41-42H,23-27H2,1-10H3/b12-11+,17-13+,19-14+,28-15+,29-16+,30-18+,31-20+. The highest BCUT2D eigenvalue weighted by Gasteiger charge is 2.76. The molecule has 4 heteroatoms. The van der Waals surface area contributed by atoms with Gasteiger partial charge in [0.25, 0.3) is 0 Å². The molecule has 0 bridgehead atoms. The molecule has 44 heavy (non-hydrogen) atoms. The van der Waals surface area contributed by atoms with Gasteiger partial charge in [-0.1, -0.05) is 117 Å². The largest absolute Gasteiger partial charge is 0.393 e. The number of allylic oxidation sites excluding steroid dienone is 15. The third-order valence-electron chi connectivity index (χ3n) is 9.54. The van der Waals surface area contributed by atoms with E-state index in [0.29, 0.717) is 31.3 Å². The molecule has 1 aliphatic heterocycles. The summed E-state index contributed by atoms with van der Waals surface area (Å²) >= 11 is 0. The van der Waals surface area contributed by atoms with Gasteiger partial charge in [0.05, 0.1) is 17.8 Å². The number of fused-ring (bicyclic) bond motifs is 1. The first-order valence-corrected chi connectivity index (χ1v) is 15.9. The highest BCUT2D eigenvalue weighted by atomic mass is 16.6. The van der Waals surface area contributed by atoms with Gasteiger partial charge < -0.3 is 14.9 Å². The monoisotopic (exact) mass is 598 g/mol. The Morgan fingerprint density at radius 2 is 1.43 bits per heavy atom. The first-order chi connectivity index (χ1) is 20.4. The van der Waals surface area contributed by atoms with Crippen LogP contribution in [0.25, 0.3) is 0 Å². The summed E-state index contributed by atoms with van der Waals surface area (Å²) in [5.74, 6) is 6.75. The highest BCUT2D eigenvalue weighted by Crippen LogP contribution is 2.67. The smallest absolute Gasteiger partial charge is 0.161 e. The molecule has 2 aliphatic carbocycles. The number of carbonyl (C=O) groups is 1. The van der Waals surface area contributed by atoms with Gasteiger partial charge in [0.1, 0.15) is 5.60 Å². The Balaban J connectivity index is 1.51. The minimum Gasteiger partial charge on any atom is -0.393 e. The zero-order valence-electron chi connectivity index (χ0n) is 28.7. The topological polar surface area (TPSA) is 70.1 Å². The van der Waals surface area contributed by atoms with Gasteiger partial charge in [0.15, 0.2) is 5.78 Å². The summed E-state index contributed by atoms with van der Waals surface area (Å²) < 4.78 is 6.18. The van der Waals surface area contributed by atoms with Crippen LogP contribution in [-0.2, 0) is 9.53 Å². The summed E-state index contributed by atoms with van der Waals surface area (Å²) in [6.07, 6.45) is 22.4. The fourth-order valence-corrected chi connectivity index (χ4v) is 7.11. The Hall–Kier alpha value is -2.97. The van der Waals surface area contributed by atoms with Crippen molar-refractivity contribution in [2.24, 2.45) is 10.8 Å². The molecular formula is C40H54O4. The lowest BCUT2D eigenvalue weighted by Crippen LogP contribution is -2.48. The average molecular weight is 599 g/mol. The highest BCUT2D eigenvalue weighted by molar-refractivity contribution is 5.96. The normalized spacial score (nSPS) is 31.0. The quantitative estimate of drug-likeness (QED) is 0.121. The van der Waals surface area contributed by atoms with E-state index in [1.807, 2.05) is 76.3 Å². The maximum Gasteiger partial charge on any atom is 0.161 e. The molecule has 0 amide bonds. The molecule has 1 saturated carbocycles. The zero-order chi connectivity index (χ0) is 32.9. The number of rotatable bonds is 9. The van der Waals surface area contributed by atoms with Gasteiger partial charge in [0.2, 0.25) is 0 Å². The van der Waals surface area contributed by atoms with Crippen LogP contribution in [0.2, 0.25) is 0 Å². The van der Waals surface area contributed by atoms with Gasteiger partial charge >= 0.3 is 0 Å². The second kappa shape index (κ2) is 14.0. The molecule has 0 aromatic carbocycles.